The molecule has 12 heavy (non-hydrogen) atoms. The van der Waals surface area contributed by atoms with Crippen molar-refractivity contribution in [1.29, 1.82) is 0 Å². The number of fused-ring (bicyclic) bond motifs is 1. The van der Waals surface area contributed by atoms with Gasteiger partial charge in [-0.1, -0.05) is 18.2 Å². The van der Waals surface area contributed by atoms with Crippen molar-refractivity contribution < 1.29 is 32.7 Å². The van der Waals surface area contributed by atoms with Crippen LogP contribution in [0.5, 0.6) is 0 Å². The summed E-state index contributed by atoms with van der Waals surface area (Å²) in [5.41, 5.74) is 0.681. The van der Waals surface area contributed by atoms with Gasteiger partial charge < -0.3 is 4.98 Å². The van der Waals surface area contributed by atoms with Crippen LogP contribution >= 0.6 is 0 Å². The molecule has 3 heteroatoms. The molecule has 0 unspecified atom stereocenters. The van der Waals surface area contributed by atoms with Gasteiger partial charge in [0.2, 0.25) is 0 Å². The van der Waals surface area contributed by atoms with Gasteiger partial charge in [0.15, 0.2) is 5.56 Å². The molecular formula is C9H6NOY-. The molecule has 2 aromatic rings. The number of aromatic nitrogens is 1. The fourth-order valence-corrected chi connectivity index (χ4v) is 1.04. The Morgan fingerprint density at radius 1 is 1.25 bits per heavy atom. The van der Waals surface area contributed by atoms with Crippen LogP contribution in [0.25, 0.3) is 10.9 Å². The number of nitrogens with one attached hydrogen (secondary N) is 1. The topological polar surface area (TPSA) is 32.9 Å². The third kappa shape index (κ3) is 1.82. The van der Waals surface area contributed by atoms with Crippen LogP contribution in [-0.2, 0) is 32.7 Å². The predicted octanol–water partition coefficient (Wildman–Crippen LogP) is 1.33. The molecule has 0 fully saturated rings. The summed E-state index contributed by atoms with van der Waals surface area (Å²) in [6.07, 6.45) is 0. The zero-order valence-electron chi connectivity index (χ0n) is 6.37. The summed E-state index contributed by atoms with van der Waals surface area (Å²) in [6.45, 7) is 0. The first kappa shape index (κ1) is 9.62. The van der Waals surface area contributed by atoms with Gasteiger partial charge in [0.1, 0.15) is 0 Å². The SMILES string of the molecule is O=c1[c-]cc2ccccc2[nH]1.[Y]. The van der Waals surface area contributed by atoms with E-state index in [-0.39, 0.29) is 38.3 Å². The van der Waals surface area contributed by atoms with E-state index in [0.717, 1.165) is 10.9 Å². The van der Waals surface area contributed by atoms with Crippen LogP contribution in [0.3, 0.4) is 0 Å². The van der Waals surface area contributed by atoms with Gasteiger partial charge >= 0.3 is 0 Å². The zero-order chi connectivity index (χ0) is 7.68. The van der Waals surface area contributed by atoms with Crippen molar-refractivity contribution >= 4 is 10.9 Å². The van der Waals surface area contributed by atoms with Crippen molar-refractivity contribution in [3.8, 4) is 0 Å². The van der Waals surface area contributed by atoms with Gasteiger partial charge in [0.25, 0.3) is 0 Å². The minimum atomic E-state index is -0.177. The Morgan fingerprint density at radius 3 is 2.83 bits per heavy atom. The summed E-state index contributed by atoms with van der Waals surface area (Å²) in [6, 6.07) is 11.9. The molecule has 0 atom stereocenters. The molecule has 0 aliphatic heterocycles. The van der Waals surface area contributed by atoms with Crippen LogP contribution < -0.4 is 5.56 Å². The van der Waals surface area contributed by atoms with E-state index in [0.29, 0.717) is 0 Å². The smallest absolute Gasteiger partial charge is 0.156 e. The van der Waals surface area contributed by atoms with E-state index in [9.17, 15) is 4.79 Å². The summed E-state index contributed by atoms with van der Waals surface area (Å²) in [7, 11) is 0. The Morgan fingerprint density at radius 2 is 2.00 bits per heavy atom. The third-order valence-electron chi connectivity index (χ3n) is 1.57. The fourth-order valence-electron chi connectivity index (χ4n) is 1.04. The fraction of sp³-hybridized carbons (Fsp3) is 0. The van der Waals surface area contributed by atoms with Crippen LogP contribution in [-0.4, -0.2) is 4.98 Å². The zero-order valence-corrected chi connectivity index (χ0v) is 9.21. The molecule has 1 aromatic carbocycles. The second-order valence-electron chi connectivity index (χ2n) is 2.33. The van der Waals surface area contributed by atoms with Crippen molar-refractivity contribution in [2.45, 2.75) is 0 Å². The largest absolute Gasteiger partial charge is 0.355 e. The maximum atomic E-state index is 10.8. The van der Waals surface area contributed by atoms with E-state index in [1.165, 1.54) is 0 Å². The third-order valence-corrected chi connectivity index (χ3v) is 1.57. The van der Waals surface area contributed by atoms with Gasteiger partial charge in [-0.3, -0.25) is 4.79 Å². The molecule has 57 valence electrons. The quantitative estimate of drug-likeness (QED) is 0.684. The Balaban J connectivity index is 0.000000720. The van der Waals surface area contributed by atoms with E-state index in [4.69, 9.17) is 0 Å². The number of para-hydroxylation sites is 1. The first-order valence-electron chi connectivity index (χ1n) is 3.36. The maximum Gasteiger partial charge on any atom is 0.156 e. The van der Waals surface area contributed by atoms with E-state index in [2.05, 4.69) is 11.1 Å². The summed E-state index contributed by atoms with van der Waals surface area (Å²) in [5.74, 6) is 0. The summed E-state index contributed by atoms with van der Waals surface area (Å²) >= 11 is 0. The van der Waals surface area contributed by atoms with E-state index in [1.54, 1.807) is 6.07 Å². The van der Waals surface area contributed by atoms with Gasteiger partial charge in [0.05, 0.1) is 0 Å². The van der Waals surface area contributed by atoms with Gasteiger partial charge in [-0.05, 0) is 5.52 Å². The second kappa shape index (κ2) is 3.97. The molecule has 0 aliphatic rings. The summed E-state index contributed by atoms with van der Waals surface area (Å²) < 4.78 is 0. The number of hydrogen-bond donors (Lipinski definition) is 1. The standard InChI is InChI=1S/C9H6NO.Y/c11-9-6-5-7-3-1-2-4-8(7)10-9;/h1-5H,(H,10,11);/q-1;. The molecule has 0 spiro atoms. The van der Waals surface area contributed by atoms with Gasteiger partial charge in [-0.15, -0.1) is 6.07 Å². The molecule has 0 bridgehead atoms. The van der Waals surface area contributed by atoms with E-state index < -0.39 is 0 Å². The molecule has 0 aliphatic carbocycles. The van der Waals surface area contributed by atoms with Gasteiger partial charge in [0, 0.05) is 32.7 Å². The molecule has 0 saturated heterocycles. The van der Waals surface area contributed by atoms with Crippen molar-refractivity contribution in [3.63, 3.8) is 0 Å². The van der Waals surface area contributed by atoms with Crippen molar-refractivity contribution in [2.24, 2.45) is 0 Å². The van der Waals surface area contributed by atoms with Crippen molar-refractivity contribution in [1.82, 2.24) is 4.98 Å². The Hall–Kier alpha value is -0.466. The molecule has 1 radical (unpaired) electrons. The number of pyridine rings is 1. The molecular weight excluding hydrogens is 227 g/mol. The number of rotatable bonds is 0. The Labute approximate surface area is 94.9 Å². The van der Waals surface area contributed by atoms with Crippen LogP contribution in [0.4, 0.5) is 0 Å². The molecule has 1 heterocycles. The van der Waals surface area contributed by atoms with Crippen LogP contribution in [0.1, 0.15) is 0 Å². The molecule has 1 aromatic heterocycles. The summed E-state index contributed by atoms with van der Waals surface area (Å²) in [4.78, 5) is 13.5. The first-order chi connectivity index (χ1) is 5.36. The minimum Gasteiger partial charge on any atom is -0.355 e. The summed E-state index contributed by atoms with van der Waals surface area (Å²) in [5, 5.41) is 1.01. The first-order valence-corrected chi connectivity index (χ1v) is 3.36. The van der Waals surface area contributed by atoms with Crippen LogP contribution in [0.2, 0.25) is 0 Å². The molecule has 2 nitrogen and oxygen atoms in total. The van der Waals surface area contributed by atoms with Crippen LogP contribution in [0.15, 0.2) is 35.1 Å². The second-order valence-corrected chi connectivity index (χ2v) is 2.33. The Kier molecular flexibility index (Phi) is 3.18. The number of benzene rings is 1. The number of H-pyrrole nitrogens is 1. The average molecular weight is 233 g/mol. The molecule has 2 rings (SSSR count). The number of hydrogen-bond acceptors (Lipinski definition) is 1. The van der Waals surface area contributed by atoms with Crippen molar-refractivity contribution in [3.05, 3.63) is 46.8 Å². The van der Waals surface area contributed by atoms with E-state index in [1.807, 2.05) is 24.3 Å². The van der Waals surface area contributed by atoms with Crippen LogP contribution in [0, 0.1) is 6.07 Å². The van der Waals surface area contributed by atoms with Crippen molar-refractivity contribution in [2.75, 3.05) is 0 Å². The molecule has 1 N–H and O–H groups in total. The van der Waals surface area contributed by atoms with Gasteiger partial charge in [-0.2, -0.15) is 11.5 Å². The molecule has 0 amide bonds. The van der Waals surface area contributed by atoms with Gasteiger partial charge in [-0.25, -0.2) is 6.07 Å². The average Bonchev–Trinajstić information content (AvgIpc) is 2.04. The number of aromatic amines is 1. The molecule has 0 saturated carbocycles. The minimum absolute atomic E-state index is 0. The predicted molar refractivity (Wildman–Crippen MR) is 43.4 cm³/mol. The monoisotopic (exact) mass is 233 g/mol. The normalized spacial score (nSPS) is 9.33. The Bertz CT molecular complexity index is 435. The van der Waals surface area contributed by atoms with E-state index >= 15 is 0 Å². The maximum absolute atomic E-state index is 10.8.